The molecule has 2 aliphatic rings. The van der Waals surface area contributed by atoms with Crippen molar-refractivity contribution in [1.82, 2.24) is 4.90 Å². The maximum absolute atomic E-state index is 13.7. The highest BCUT2D eigenvalue weighted by atomic mass is 16.2. The molecule has 0 spiro atoms. The van der Waals surface area contributed by atoms with Gasteiger partial charge in [-0.25, -0.2) is 0 Å². The molecule has 2 aliphatic heterocycles. The third-order valence-electron chi connectivity index (χ3n) is 5.76. The first-order valence-electron chi connectivity index (χ1n) is 9.75. The molecular formula is C24H24N2O3. The van der Waals surface area contributed by atoms with Gasteiger partial charge in [0.1, 0.15) is 6.04 Å². The number of nitrogens with zero attached hydrogens (tertiary/aromatic N) is 2. The van der Waals surface area contributed by atoms with Crippen LogP contribution in [0.1, 0.15) is 59.5 Å². The summed E-state index contributed by atoms with van der Waals surface area (Å²) in [5.74, 6) is -1.12. The molecule has 2 aromatic carbocycles. The molecule has 0 aromatic heterocycles. The van der Waals surface area contributed by atoms with Crippen molar-refractivity contribution in [3.05, 3.63) is 70.8 Å². The van der Waals surface area contributed by atoms with E-state index in [0.29, 0.717) is 11.1 Å². The van der Waals surface area contributed by atoms with Gasteiger partial charge in [-0.3, -0.25) is 19.3 Å². The van der Waals surface area contributed by atoms with E-state index >= 15 is 0 Å². The lowest BCUT2D eigenvalue weighted by Crippen LogP contribution is -2.56. The van der Waals surface area contributed by atoms with Crippen LogP contribution in [-0.2, 0) is 4.79 Å². The maximum atomic E-state index is 13.7. The second-order valence-corrected chi connectivity index (χ2v) is 8.38. The van der Waals surface area contributed by atoms with Crippen LogP contribution in [0.5, 0.6) is 0 Å². The lowest BCUT2D eigenvalue weighted by molar-refractivity contribution is -0.122. The number of allylic oxidation sites excluding steroid dienone is 1. The largest absolute Gasteiger partial charge is 0.301 e. The van der Waals surface area contributed by atoms with Crippen LogP contribution in [-0.4, -0.2) is 34.2 Å². The van der Waals surface area contributed by atoms with Crippen molar-refractivity contribution < 1.29 is 14.4 Å². The Morgan fingerprint density at radius 1 is 0.931 bits per heavy atom. The van der Waals surface area contributed by atoms with Crippen LogP contribution in [0.4, 0.5) is 5.69 Å². The van der Waals surface area contributed by atoms with Gasteiger partial charge in [-0.2, -0.15) is 0 Å². The first-order valence-corrected chi connectivity index (χ1v) is 9.75. The summed E-state index contributed by atoms with van der Waals surface area (Å²) in [6.07, 6.45) is 2.05. The van der Waals surface area contributed by atoms with Gasteiger partial charge in [0.2, 0.25) is 0 Å². The van der Waals surface area contributed by atoms with E-state index in [0.717, 1.165) is 27.3 Å². The van der Waals surface area contributed by atoms with Gasteiger partial charge in [-0.05, 0) is 64.0 Å². The molecule has 29 heavy (non-hydrogen) atoms. The van der Waals surface area contributed by atoms with Crippen molar-refractivity contribution in [2.45, 2.75) is 46.2 Å². The topological polar surface area (TPSA) is 57.7 Å². The highest BCUT2D eigenvalue weighted by Gasteiger charge is 2.45. The zero-order valence-electron chi connectivity index (χ0n) is 17.3. The van der Waals surface area contributed by atoms with Crippen molar-refractivity contribution in [3.8, 4) is 0 Å². The molecule has 0 fully saturated rings. The number of anilines is 1. The average molecular weight is 388 g/mol. The number of rotatable bonds is 2. The fourth-order valence-corrected chi connectivity index (χ4v) is 4.40. The Bertz CT molecular complexity index is 1060. The molecule has 1 atom stereocenters. The van der Waals surface area contributed by atoms with Gasteiger partial charge in [0, 0.05) is 5.56 Å². The van der Waals surface area contributed by atoms with Crippen molar-refractivity contribution >= 4 is 29.0 Å². The van der Waals surface area contributed by atoms with Crippen molar-refractivity contribution in [3.63, 3.8) is 0 Å². The molecule has 0 saturated carbocycles. The quantitative estimate of drug-likeness (QED) is 0.724. The van der Waals surface area contributed by atoms with E-state index in [4.69, 9.17) is 0 Å². The molecule has 5 nitrogen and oxygen atoms in total. The minimum atomic E-state index is -0.915. The molecule has 2 aromatic rings. The second kappa shape index (κ2) is 6.41. The number of imide groups is 1. The van der Waals surface area contributed by atoms with Crippen molar-refractivity contribution in [2.24, 2.45) is 0 Å². The maximum Gasteiger partial charge on any atom is 0.262 e. The monoisotopic (exact) mass is 388 g/mol. The molecule has 148 valence electrons. The fourth-order valence-electron chi connectivity index (χ4n) is 4.40. The Balaban J connectivity index is 1.76. The summed E-state index contributed by atoms with van der Waals surface area (Å²) in [6, 6.07) is 11.8. The number of amides is 3. The van der Waals surface area contributed by atoms with E-state index in [1.165, 1.54) is 0 Å². The van der Waals surface area contributed by atoms with Crippen LogP contribution < -0.4 is 4.90 Å². The molecule has 0 bridgehead atoms. The van der Waals surface area contributed by atoms with E-state index in [1.54, 1.807) is 36.1 Å². The van der Waals surface area contributed by atoms with Crippen LogP contribution in [0.15, 0.2) is 48.5 Å². The van der Waals surface area contributed by atoms with E-state index in [2.05, 4.69) is 6.08 Å². The minimum absolute atomic E-state index is 0.278. The van der Waals surface area contributed by atoms with Crippen LogP contribution in [0.25, 0.3) is 5.57 Å². The molecule has 5 heteroatoms. The molecule has 3 amide bonds. The Labute approximate surface area is 170 Å². The fraction of sp³-hybridized carbons (Fsp3) is 0.292. The van der Waals surface area contributed by atoms with Gasteiger partial charge in [0.25, 0.3) is 17.7 Å². The lowest BCUT2D eigenvalue weighted by atomic mass is 9.87. The molecular weight excluding hydrogens is 364 g/mol. The number of hydrogen-bond donors (Lipinski definition) is 0. The molecule has 4 rings (SSSR count). The Morgan fingerprint density at radius 2 is 1.52 bits per heavy atom. The third kappa shape index (κ3) is 2.80. The van der Waals surface area contributed by atoms with Gasteiger partial charge in [0.15, 0.2) is 0 Å². The number of fused-ring (bicyclic) bond motifs is 2. The smallest absolute Gasteiger partial charge is 0.262 e. The zero-order chi connectivity index (χ0) is 21.1. The van der Waals surface area contributed by atoms with Crippen LogP contribution in [0, 0.1) is 6.92 Å². The normalized spacial score (nSPS) is 18.3. The predicted molar refractivity (Wildman–Crippen MR) is 113 cm³/mol. The second-order valence-electron chi connectivity index (χ2n) is 8.38. The Hall–Kier alpha value is -3.21. The van der Waals surface area contributed by atoms with Crippen molar-refractivity contribution in [2.75, 3.05) is 4.90 Å². The highest BCUT2D eigenvalue weighted by molar-refractivity contribution is 6.23. The summed E-state index contributed by atoms with van der Waals surface area (Å²) in [5.41, 5.74) is 4.04. The van der Waals surface area contributed by atoms with Crippen LogP contribution in [0.3, 0.4) is 0 Å². The summed E-state index contributed by atoms with van der Waals surface area (Å²) in [4.78, 5) is 42.2. The summed E-state index contributed by atoms with van der Waals surface area (Å²) in [7, 11) is 0. The van der Waals surface area contributed by atoms with Crippen LogP contribution >= 0.6 is 0 Å². The van der Waals surface area contributed by atoms with Gasteiger partial charge in [0.05, 0.1) is 22.4 Å². The molecule has 0 aliphatic carbocycles. The molecule has 2 heterocycles. The van der Waals surface area contributed by atoms with Gasteiger partial charge in [-0.1, -0.05) is 30.3 Å². The molecule has 0 N–H and O–H groups in total. The Kier molecular flexibility index (Phi) is 4.23. The average Bonchev–Trinajstić information content (AvgIpc) is 2.91. The third-order valence-corrected chi connectivity index (χ3v) is 5.76. The van der Waals surface area contributed by atoms with E-state index in [-0.39, 0.29) is 5.91 Å². The van der Waals surface area contributed by atoms with Crippen LogP contribution in [0.2, 0.25) is 0 Å². The number of carbonyl (C=O) groups is 3. The summed E-state index contributed by atoms with van der Waals surface area (Å²) < 4.78 is 0. The zero-order valence-corrected chi connectivity index (χ0v) is 17.3. The van der Waals surface area contributed by atoms with E-state index < -0.39 is 23.4 Å². The SMILES string of the molecule is CC1=CC(C)(C)N(C(=O)[C@@H](C)N2C(=O)c3ccccc3C2=O)c2cc(C)ccc21. The number of benzene rings is 2. The number of carbonyl (C=O) groups excluding carboxylic acids is 3. The predicted octanol–water partition coefficient (Wildman–Crippen LogP) is 4.21. The van der Waals surface area contributed by atoms with Crippen molar-refractivity contribution in [1.29, 1.82) is 0 Å². The molecule has 0 saturated heterocycles. The minimum Gasteiger partial charge on any atom is -0.301 e. The first kappa shape index (κ1) is 19.1. The summed E-state index contributed by atoms with van der Waals surface area (Å²) in [5, 5.41) is 0. The summed E-state index contributed by atoms with van der Waals surface area (Å²) >= 11 is 0. The molecule has 0 unspecified atom stereocenters. The highest BCUT2D eigenvalue weighted by Crippen LogP contribution is 2.40. The Morgan fingerprint density at radius 3 is 2.10 bits per heavy atom. The van der Waals surface area contributed by atoms with E-state index in [1.807, 2.05) is 45.9 Å². The first-order chi connectivity index (χ1) is 13.6. The van der Waals surface area contributed by atoms with Gasteiger partial charge in [-0.15, -0.1) is 0 Å². The van der Waals surface area contributed by atoms with Gasteiger partial charge >= 0.3 is 0 Å². The number of hydrogen-bond acceptors (Lipinski definition) is 3. The summed E-state index contributed by atoms with van der Waals surface area (Å²) in [6.45, 7) is 9.58. The van der Waals surface area contributed by atoms with E-state index in [9.17, 15) is 14.4 Å². The number of aryl methyl sites for hydroxylation is 1. The van der Waals surface area contributed by atoms with Gasteiger partial charge < -0.3 is 4.90 Å². The molecule has 0 radical (unpaired) electrons. The lowest BCUT2D eigenvalue weighted by Gasteiger charge is -2.43. The standard InChI is InChI=1S/C24H24N2O3/c1-14-10-11-17-15(2)13-24(4,5)26(20(17)12-14)21(27)16(3)25-22(28)18-8-6-7-9-19(18)23(25)29/h6-13,16H,1-5H3/t16-/m1/s1.